The summed E-state index contributed by atoms with van der Waals surface area (Å²) in [6.07, 6.45) is 0.170. The topological polar surface area (TPSA) is 63.3 Å². The first-order valence-corrected chi connectivity index (χ1v) is 3.65. The van der Waals surface area contributed by atoms with Gasteiger partial charge < -0.3 is 10.8 Å². The maximum Gasteiger partial charge on any atom is 0.320 e. The lowest BCUT2D eigenvalue weighted by atomic mass is 10.1. The number of nitrogens with two attached hydrogens (primary N) is 1. The standard InChI is InChI=1S/C9H11NO2/c10-8(9(11)12)6-7-4-2-1-3-5-7/h1-5,8H,6,10H2,(H,11,12)/t8-/m0/s1/i/hD2. The fourth-order valence-corrected chi connectivity index (χ4v) is 0.925. The largest absolute Gasteiger partial charge is 0.480 e. The Labute approximate surface area is 73.7 Å². The Hall–Kier alpha value is -1.35. The molecule has 0 fully saturated rings. The quantitative estimate of drug-likeness (QED) is 0.691. The number of carboxylic acid groups (broad SMARTS) is 1. The molecule has 0 amide bonds. The fourth-order valence-electron chi connectivity index (χ4n) is 0.925. The third kappa shape index (κ3) is 2.36. The Morgan fingerprint density at radius 1 is 1.58 bits per heavy atom. The van der Waals surface area contributed by atoms with E-state index in [4.69, 9.17) is 7.93 Å². The Balaban J connectivity index is 2.70. The van der Waals surface area contributed by atoms with Gasteiger partial charge in [0, 0.05) is 0 Å². The molecule has 0 aliphatic rings. The summed E-state index contributed by atoms with van der Waals surface area (Å²) in [5.41, 5.74) is 1.03. The highest BCUT2D eigenvalue weighted by Gasteiger charge is 2.10. The lowest BCUT2D eigenvalue weighted by Gasteiger charge is -2.04. The van der Waals surface area contributed by atoms with Crippen LogP contribution >= 0.6 is 0 Å². The first-order valence-electron chi connectivity index (χ1n) is 4.54. The van der Waals surface area contributed by atoms with Crippen LogP contribution in [-0.4, -0.2) is 17.1 Å². The zero-order valence-electron chi connectivity index (χ0n) is 8.47. The van der Waals surface area contributed by atoms with Crippen molar-refractivity contribution >= 4 is 5.97 Å². The molecule has 12 heavy (non-hydrogen) atoms. The molecule has 3 nitrogen and oxygen atoms in total. The molecule has 0 spiro atoms. The van der Waals surface area contributed by atoms with Crippen molar-refractivity contribution in [3.05, 3.63) is 35.9 Å². The Morgan fingerprint density at radius 2 is 2.25 bits per heavy atom. The Kier molecular flexibility index (Phi) is 2.00. The number of hydrogen-bond acceptors (Lipinski definition) is 2. The second kappa shape index (κ2) is 3.88. The van der Waals surface area contributed by atoms with Gasteiger partial charge in [-0.3, -0.25) is 4.79 Å². The maximum absolute atomic E-state index is 10.7. The first-order chi connectivity index (χ1) is 6.61. The summed E-state index contributed by atoms with van der Waals surface area (Å²) < 4.78 is 13.9. The second-order valence-corrected chi connectivity index (χ2v) is 2.54. The van der Waals surface area contributed by atoms with Gasteiger partial charge in [-0.1, -0.05) is 30.3 Å². The minimum atomic E-state index is -1.15. The van der Waals surface area contributed by atoms with Crippen molar-refractivity contribution in [3.8, 4) is 0 Å². The van der Waals surface area contributed by atoms with E-state index in [0.717, 1.165) is 5.56 Å². The molecule has 3 heteroatoms. The van der Waals surface area contributed by atoms with Crippen molar-refractivity contribution in [2.24, 2.45) is 5.72 Å². The van der Waals surface area contributed by atoms with Gasteiger partial charge >= 0.3 is 5.97 Å². The van der Waals surface area contributed by atoms with Gasteiger partial charge in [-0.2, -0.15) is 0 Å². The van der Waals surface area contributed by atoms with E-state index in [1.807, 2.05) is 6.07 Å². The molecule has 1 atom stereocenters. The highest BCUT2D eigenvalue weighted by molar-refractivity contribution is 5.73. The minimum absolute atomic E-state index is 0.170. The average molecular weight is 167 g/mol. The predicted molar refractivity (Wildman–Crippen MR) is 45.8 cm³/mol. The van der Waals surface area contributed by atoms with Crippen LogP contribution in [0.15, 0.2) is 30.3 Å². The van der Waals surface area contributed by atoms with Crippen molar-refractivity contribution in [1.82, 2.24) is 0 Å². The molecular formula is C9H11NO2. The van der Waals surface area contributed by atoms with E-state index in [0.29, 0.717) is 0 Å². The van der Waals surface area contributed by atoms with E-state index in [1.54, 1.807) is 24.3 Å². The maximum atomic E-state index is 10.7. The minimum Gasteiger partial charge on any atom is -0.480 e. The van der Waals surface area contributed by atoms with Gasteiger partial charge in [0.05, 0.1) is 0 Å². The SMILES string of the molecule is [2H]N([2H])[C@@H](Cc1ccccc1)C(=O)O. The molecule has 0 bridgehead atoms. The van der Waals surface area contributed by atoms with Crippen LogP contribution in [0.1, 0.15) is 5.56 Å². The number of benzene rings is 1. The average Bonchev–Trinajstić information content (AvgIpc) is 2.15. The van der Waals surface area contributed by atoms with Crippen LogP contribution in [-0.2, 0) is 11.2 Å². The fraction of sp³-hybridized carbons (Fsp3) is 0.222. The number of carboxylic acids is 1. The van der Waals surface area contributed by atoms with Crippen molar-refractivity contribution < 1.29 is 12.7 Å². The Morgan fingerprint density at radius 3 is 2.75 bits per heavy atom. The summed E-state index contributed by atoms with van der Waals surface area (Å²) in [5, 5.41) is 8.72. The molecule has 0 saturated heterocycles. The van der Waals surface area contributed by atoms with Crippen LogP contribution in [0.5, 0.6) is 0 Å². The number of hydrogen-bond donors (Lipinski definition) is 2. The normalized spacial score (nSPS) is 15.1. The van der Waals surface area contributed by atoms with E-state index < -0.39 is 12.0 Å². The lowest BCUT2D eigenvalue weighted by Crippen LogP contribution is -2.32. The van der Waals surface area contributed by atoms with Gasteiger partial charge in [-0.15, -0.1) is 0 Å². The highest BCUT2D eigenvalue weighted by atomic mass is 16.4. The van der Waals surface area contributed by atoms with Gasteiger partial charge in [0.1, 0.15) is 8.87 Å². The van der Waals surface area contributed by atoms with Crippen LogP contribution in [0, 0.1) is 0 Å². The molecule has 0 aromatic heterocycles. The first kappa shape index (κ1) is 6.20. The summed E-state index contributed by atoms with van der Waals surface area (Å²) in [6, 6.07) is 7.87. The van der Waals surface area contributed by atoms with Gasteiger partial charge in [0.15, 0.2) is 0 Å². The summed E-state index contributed by atoms with van der Waals surface area (Å²) in [4.78, 5) is 10.7. The smallest absolute Gasteiger partial charge is 0.320 e. The highest BCUT2D eigenvalue weighted by Crippen LogP contribution is 2.01. The third-order valence-electron chi connectivity index (χ3n) is 1.56. The number of carbonyl (C=O) groups is 1. The molecule has 3 N–H and O–H groups in total. The molecular weight excluding hydrogens is 154 g/mol. The van der Waals surface area contributed by atoms with Crippen molar-refractivity contribution in [2.45, 2.75) is 12.5 Å². The Bertz CT molecular complexity index is 303. The summed E-state index contributed by atoms with van der Waals surface area (Å²) in [6.45, 7) is 0. The van der Waals surface area contributed by atoms with Gasteiger partial charge in [-0.25, -0.2) is 0 Å². The molecule has 0 aliphatic carbocycles. The van der Waals surface area contributed by atoms with Gasteiger partial charge in [0.2, 0.25) is 0 Å². The van der Waals surface area contributed by atoms with Crippen LogP contribution < -0.4 is 5.72 Å². The molecule has 0 radical (unpaired) electrons. The molecule has 64 valence electrons. The van der Waals surface area contributed by atoms with Crippen LogP contribution in [0.25, 0.3) is 0 Å². The van der Waals surface area contributed by atoms with E-state index in [1.165, 1.54) is 0 Å². The monoisotopic (exact) mass is 167 g/mol. The number of aliphatic carboxylic acids is 1. The van der Waals surface area contributed by atoms with Crippen LogP contribution in [0.2, 0.25) is 2.82 Å². The summed E-state index contributed by atoms with van der Waals surface area (Å²) in [7, 11) is 0. The van der Waals surface area contributed by atoms with Crippen molar-refractivity contribution in [3.63, 3.8) is 0 Å². The molecule has 1 aromatic carbocycles. The predicted octanol–water partition coefficient (Wildman–Crippen LogP) is 0.641. The van der Waals surface area contributed by atoms with Crippen LogP contribution in [0.3, 0.4) is 0 Å². The molecule has 0 saturated carbocycles. The zero-order valence-corrected chi connectivity index (χ0v) is 6.47. The van der Waals surface area contributed by atoms with Gasteiger partial charge in [0.25, 0.3) is 0 Å². The zero-order chi connectivity index (χ0) is 10.6. The second-order valence-electron chi connectivity index (χ2n) is 2.54. The van der Waals surface area contributed by atoms with Crippen LogP contribution in [0.4, 0.5) is 0 Å². The molecule has 1 rings (SSSR count). The number of rotatable bonds is 4. The van der Waals surface area contributed by atoms with Crippen molar-refractivity contribution in [1.29, 1.82) is 0 Å². The molecule has 0 unspecified atom stereocenters. The molecule has 1 aromatic rings. The van der Waals surface area contributed by atoms with E-state index >= 15 is 0 Å². The van der Waals surface area contributed by atoms with E-state index in [9.17, 15) is 4.79 Å². The third-order valence-corrected chi connectivity index (χ3v) is 1.56. The molecule has 0 aliphatic heterocycles. The van der Waals surface area contributed by atoms with E-state index in [2.05, 4.69) is 0 Å². The molecule has 0 heterocycles. The summed E-state index contributed by atoms with van der Waals surface area (Å²) in [5.74, 6) is -1.15. The summed E-state index contributed by atoms with van der Waals surface area (Å²) >= 11 is 0. The van der Waals surface area contributed by atoms with Gasteiger partial charge in [-0.05, 0) is 12.0 Å². The lowest BCUT2D eigenvalue weighted by molar-refractivity contribution is -0.138. The van der Waals surface area contributed by atoms with Crippen molar-refractivity contribution in [2.75, 3.05) is 0 Å². The van der Waals surface area contributed by atoms with E-state index in [-0.39, 0.29) is 12.1 Å².